The van der Waals surface area contributed by atoms with E-state index in [1.165, 1.54) is 4.90 Å². The zero-order valence-electron chi connectivity index (χ0n) is 11.7. The summed E-state index contributed by atoms with van der Waals surface area (Å²) in [6.07, 6.45) is 2.04. The number of aromatic nitrogens is 3. The number of thioether (sulfide) groups is 1. The van der Waals surface area contributed by atoms with Crippen LogP contribution in [0.2, 0.25) is 0 Å². The number of anilines is 3. The van der Waals surface area contributed by atoms with Gasteiger partial charge in [0.1, 0.15) is 0 Å². The van der Waals surface area contributed by atoms with Crippen LogP contribution in [0.5, 0.6) is 6.01 Å². The molecule has 106 valence electrons. The van der Waals surface area contributed by atoms with Crippen molar-refractivity contribution >= 4 is 29.3 Å². The molecular formula is C13H17N5OS. The quantitative estimate of drug-likeness (QED) is 0.793. The second-order valence-electron chi connectivity index (χ2n) is 3.81. The average Bonchev–Trinajstić information content (AvgIpc) is 2.47. The molecule has 0 saturated heterocycles. The Balaban J connectivity index is 2.24. The summed E-state index contributed by atoms with van der Waals surface area (Å²) in [6, 6.07) is 8.33. The molecular weight excluding hydrogens is 274 g/mol. The molecule has 20 heavy (non-hydrogen) atoms. The smallest absolute Gasteiger partial charge is 0.323 e. The van der Waals surface area contributed by atoms with E-state index in [1.807, 2.05) is 37.4 Å². The topological polar surface area (TPSA) is 72.0 Å². The van der Waals surface area contributed by atoms with Crippen molar-refractivity contribution in [2.24, 2.45) is 0 Å². The first kappa shape index (κ1) is 14.4. The maximum Gasteiger partial charge on any atom is 0.323 e. The molecule has 0 radical (unpaired) electrons. The second-order valence-corrected chi connectivity index (χ2v) is 4.68. The molecule has 6 nitrogen and oxygen atoms in total. The van der Waals surface area contributed by atoms with Crippen LogP contribution < -0.4 is 15.4 Å². The third-order valence-electron chi connectivity index (χ3n) is 2.44. The normalized spacial score (nSPS) is 10.2. The number of hydrogen-bond acceptors (Lipinski definition) is 7. The summed E-state index contributed by atoms with van der Waals surface area (Å²) in [7, 11) is 1.75. The summed E-state index contributed by atoms with van der Waals surface area (Å²) in [6.45, 7) is 2.40. The van der Waals surface area contributed by atoms with Gasteiger partial charge in [0, 0.05) is 17.6 Å². The van der Waals surface area contributed by atoms with Gasteiger partial charge in [-0.2, -0.15) is 15.0 Å². The number of ether oxygens (including phenoxy) is 1. The predicted molar refractivity (Wildman–Crippen MR) is 82.0 cm³/mol. The van der Waals surface area contributed by atoms with Crippen molar-refractivity contribution in [2.45, 2.75) is 11.8 Å². The lowest BCUT2D eigenvalue weighted by Crippen LogP contribution is -2.06. The minimum absolute atomic E-state index is 0.301. The summed E-state index contributed by atoms with van der Waals surface area (Å²) in [5.41, 5.74) is 0.924. The molecule has 0 unspecified atom stereocenters. The summed E-state index contributed by atoms with van der Waals surface area (Å²) in [5.74, 6) is 0.915. The summed E-state index contributed by atoms with van der Waals surface area (Å²) in [4.78, 5) is 13.8. The highest BCUT2D eigenvalue weighted by Crippen LogP contribution is 2.22. The Morgan fingerprint density at radius 2 is 2.00 bits per heavy atom. The van der Waals surface area contributed by atoms with Crippen molar-refractivity contribution in [3.63, 3.8) is 0 Å². The Bertz CT molecular complexity index is 578. The van der Waals surface area contributed by atoms with E-state index < -0.39 is 0 Å². The van der Waals surface area contributed by atoms with E-state index in [-0.39, 0.29) is 0 Å². The molecule has 2 aromatic rings. The highest BCUT2D eigenvalue weighted by atomic mass is 32.2. The van der Waals surface area contributed by atoms with E-state index in [2.05, 4.69) is 25.6 Å². The van der Waals surface area contributed by atoms with Gasteiger partial charge in [-0.1, -0.05) is 6.07 Å². The fraction of sp³-hybridized carbons (Fsp3) is 0.308. The van der Waals surface area contributed by atoms with E-state index >= 15 is 0 Å². The Morgan fingerprint density at radius 1 is 1.20 bits per heavy atom. The molecule has 0 saturated carbocycles. The van der Waals surface area contributed by atoms with E-state index in [1.54, 1.807) is 18.8 Å². The molecule has 0 fully saturated rings. The van der Waals surface area contributed by atoms with Crippen LogP contribution in [0.1, 0.15) is 6.92 Å². The molecule has 0 atom stereocenters. The fourth-order valence-electron chi connectivity index (χ4n) is 1.55. The predicted octanol–water partition coefficient (Wildman–Crippen LogP) is 2.78. The lowest BCUT2D eigenvalue weighted by Gasteiger charge is -2.09. The van der Waals surface area contributed by atoms with Gasteiger partial charge >= 0.3 is 6.01 Å². The molecule has 0 spiro atoms. The van der Waals surface area contributed by atoms with Crippen LogP contribution in [0.4, 0.5) is 17.6 Å². The molecule has 1 aromatic heterocycles. The molecule has 0 aliphatic carbocycles. The minimum Gasteiger partial charge on any atom is -0.464 e. The van der Waals surface area contributed by atoms with Gasteiger partial charge in [-0.3, -0.25) is 0 Å². The molecule has 0 aliphatic heterocycles. The molecule has 1 aromatic carbocycles. The van der Waals surface area contributed by atoms with E-state index in [4.69, 9.17) is 4.74 Å². The largest absolute Gasteiger partial charge is 0.464 e. The first-order valence-corrected chi connectivity index (χ1v) is 7.45. The van der Waals surface area contributed by atoms with Gasteiger partial charge < -0.3 is 15.4 Å². The van der Waals surface area contributed by atoms with Crippen molar-refractivity contribution in [3.8, 4) is 6.01 Å². The summed E-state index contributed by atoms with van der Waals surface area (Å²) >= 11 is 1.68. The van der Waals surface area contributed by atoms with E-state index in [9.17, 15) is 0 Å². The number of hydrogen-bond donors (Lipinski definition) is 2. The van der Waals surface area contributed by atoms with Gasteiger partial charge in [-0.25, -0.2) is 0 Å². The Kier molecular flexibility index (Phi) is 5.00. The van der Waals surface area contributed by atoms with Crippen LogP contribution in [0.15, 0.2) is 29.2 Å². The van der Waals surface area contributed by atoms with Gasteiger partial charge in [0.25, 0.3) is 0 Å². The molecule has 2 rings (SSSR count). The van der Waals surface area contributed by atoms with Crippen molar-refractivity contribution in [1.29, 1.82) is 0 Å². The lowest BCUT2D eigenvalue weighted by atomic mass is 10.3. The third kappa shape index (κ3) is 3.74. The Morgan fingerprint density at radius 3 is 2.70 bits per heavy atom. The minimum atomic E-state index is 0.301. The highest BCUT2D eigenvalue weighted by molar-refractivity contribution is 7.98. The molecule has 1 heterocycles. The van der Waals surface area contributed by atoms with Gasteiger partial charge in [-0.15, -0.1) is 11.8 Å². The number of nitrogens with zero attached hydrogens (tertiary/aromatic N) is 3. The van der Waals surface area contributed by atoms with E-state index in [0.29, 0.717) is 24.5 Å². The van der Waals surface area contributed by atoms with Crippen LogP contribution in [-0.2, 0) is 0 Å². The van der Waals surface area contributed by atoms with Gasteiger partial charge in [0.05, 0.1) is 6.61 Å². The first-order chi connectivity index (χ1) is 9.75. The molecule has 0 bridgehead atoms. The van der Waals surface area contributed by atoms with Gasteiger partial charge in [0.2, 0.25) is 11.9 Å². The number of nitrogens with one attached hydrogen (secondary N) is 2. The third-order valence-corrected chi connectivity index (χ3v) is 3.16. The molecule has 7 heteroatoms. The van der Waals surface area contributed by atoms with Gasteiger partial charge in [-0.05, 0) is 31.4 Å². The fourth-order valence-corrected chi connectivity index (χ4v) is 2.01. The van der Waals surface area contributed by atoms with Crippen LogP contribution in [-0.4, -0.2) is 34.9 Å². The zero-order valence-corrected chi connectivity index (χ0v) is 12.5. The first-order valence-electron chi connectivity index (χ1n) is 6.23. The average molecular weight is 291 g/mol. The Labute approximate surface area is 122 Å². The molecule has 2 N–H and O–H groups in total. The highest BCUT2D eigenvalue weighted by Gasteiger charge is 2.06. The van der Waals surface area contributed by atoms with E-state index in [0.717, 1.165) is 5.69 Å². The van der Waals surface area contributed by atoms with Crippen molar-refractivity contribution < 1.29 is 4.74 Å². The van der Waals surface area contributed by atoms with Crippen LogP contribution in [0.3, 0.4) is 0 Å². The lowest BCUT2D eigenvalue weighted by molar-refractivity contribution is 0.312. The second kappa shape index (κ2) is 6.95. The maximum absolute atomic E-state index is 5.33. The van der Waals surface area contributed by atoms with Crippen molar-refractivity contribution in [2.75, 3.05) is 30.5 Å². The van der Waals surface area contributed by atoms with Gasteiger partial charge in [0.15, 0.2) is 0 Å². The SMILES string of the molecule is CCOc1nc(NC)nc(Nc2cccc(SC)c2)n1. The summed E-state index contributed by atoms with van der Waals surface area (Å²) < 4.78 is 5.33. The number of rotatable bonds is 6. The standard InChI is InChI=1S/C13H17N5OS/c1-4-19-13-17-11(14-2)16-12(18-13)15-9-6-5-7-10(8-9)20-3/h5-8H,4H2,1-3H3,(H2,14,15,16,17,18). The van der Waals surface area contributed by atoms with Crippen molar-refractivity contribution in [3.05, 3.63) is 24.3 Å². The van der Waals surface area contributed by atoms with Crippen LogP contribution >= 0.6 is 11.8 Å². The van der Waals surface area contributed by atoms with Crippen LogP contribution in [0.25, 0.3) is 0 Å². The van der Waals surface area contributed by atoms with Crippen molar-refractivity contribution in [1.82, 2.24) is 15.0 Å². The molecule has 0 aliphatic rings. The van der Waals surface area contributed by atoms with Crippen LogP contribution in [0, 0.1) is 0 Å². The number of benzene rings is 1. The monoisotopic (exact) mass is 291 g/mol. The zero-order chi connectivity index (χ0) is 14.4. The molecule has 0 amide bonds. The Hall–Kier alpha value is -2.02. The maximum atomic E-state index is 5.33. The summed E-state index contributed by atoms with van der Waals surface area (Å²) in [5, 5.41) is 6.04.